The van der Waals surface area contributed by atoms with Crippen molar-refractivity contribution in [3.63, 3.8) is 0 Å². The average molecular weight is 366 g/mol. The van der Waals surface area contributed by atoms with Gasteiger partial charge in [-0.15, -0.1) is 0 Å². The van der Waals surface area contributed by atoms with Crippen molar-refractivity contribution in [1.29, 1.82) is 0 Å². The Morgan fingerprint density at radius 2 is 1.73 bits per heavy atom. The largest absolute Gasteiger partial charge is 0.506 e. The molecule has 0 aliphatic heterocycles. The third-order valence-electron chi connectivity index (χ3n) is 3.76. The van der Waals surface area contributed by atoms with Gasteiger partial charge in [0.25, 0.3) is 0 Å². The Labute approximate surface area is 152 Å². The van der Waals surface area contributed by atoms with Gasteiger partial charge >= 0.3 is 11.9 Å². The zero-order valence-corrected chi connectivity index (χ0v) is 15.1. The molecule has 2 rings (SSSR count). The van der Waals surface area contributed by atoms with Gasteiger partial charge in [0.05, 0.1) is 11.8 Å². The van der Waals surface area contributed by atoms with E-state index in [0.717, 1.165) is 24.0 Å². The van der Waals surface area contributed by atoms with Gasteiger partial charge in [0.2, 0.25) is 0 Å². The van der Waals surface area contributed by atoms with Crippen molar-refractivity contribution in [2.24, 2.45) is 0 Å². The van der Waals surface area contributed by atoms with Crippen LogP contribution in [0.3, 0.4) is 0 Å². The molecular formula is C18H26N2O6. The minimum Gasteiger partial charge on any atom is -0.506 e. The van der Waals surface area contributed by atoms with Crippen molar-refractivity contribution in [3.05, 3.63) is 35.4 Å². The number of aliphatic hydroxyl groups is 1. The number of carbonyl (C=O) groups is 2. The van der Waals surface area contributed by atoms with Crippen LogP contribution < -0.4 is 11.1 Å². The number of benzene rings is 1. The van der Waals surface area contributed by atoms with Gasteiger partial charge in [-0.2, -0.15) is 0 Å². The first-order chi connectivity index (χ1) is 11.9. The van der Waals surface area contributed by atoms with E-state index in [0.29, 0.717) is 17.8 Å². The van der Waals surface area contributed by atoms with Crippen LogP contribution in [0.25, 0.3) is 0 Å². The summed E-state index contributed by atoms with van der Waals surface area (Å²) in [5, 5.41) is 39.0. The minimum atomic E-state index is -1.26. The van der Waals surface area contributed by atoms with Crippen LogP contribution in [0.4, 0.5) is 5.69 Å². The summed E-state index contributed by atoms with van der Waals surface area (Å²) in [5.41, 5.74) is 7.94. The first kappa shape index (κ1) is 21.5. The Morgan fingerprint density at radius 1 is 1.19 bits per heavy atom. The standard InChI is InChI=1S/C14H22N2O2.C4H4O4/c1-14(2,3)16-10-6-4-8-9(13(10)18)5-7-11(17)12(8)15;5-3(6)1-2-4(7)8/h5,7,10,13,16-18H,4,6,15H2,1-3H3;1-2H,(H,5,6)(H,7,8)/b;2-1+. The second-order valence-electron chi connectivity index (χ2n) is 7.06. The first-order valence-electron chi connectivity index (χ1n) is 8.12. The summed E-state index contributed by atoms with van der Waals surface area (Å²) >= 11 is 0. The van der Waals surface area contributed by atoms with Crippen molar-refractivity contribution in [2.45, 2.75) is 51.3 Å². The lowest BCUT2D eigenvalue weighted by molar-refractivity contribution is -0.134. The molecule has 0 spiro atoms. The van der Waals surface area contributed by atoms with Gasteiger partial charge in [-0.3, -0.25) is 0 Å². The predicted molar refractivity (Wildman–Crippen MR) is 96.9 cm³/mol. The number of hydrogen-bond donors (Lipinski definition) is 6. The molecular weight excluding hydrogens is 340 g/mol. The van der Waals surface area contributed by atoms with Gasteiger partial charge in [-0.1, -0.05) is 6.07 Å². The second-order valence-corrected chi connectivity index (χ2v) is 7.06. The fraction of sp³-hybridized carbons (Fsp3) is 0.444. The maximum absolute atomic E-state index is 10.4. The van der Waals surface area contributed by atoms with E-state index < -0.39 is 18.0 Å². The lowest BCUT2D eigenvalue weighted by Gasteiger charge is -2.36. The van der Waals surface area contributed by atoms with Crippen molar-refractivity contribution in [1.82, 2.24) is 5.32 Å². The Hall–Kier alpha value is -2.58. The molecule has 0 heterocycles. The molecule has 26 heavy (non-hydrogen) atoms. The predicted octanol–water partition coefficient (Wildman–Crippen LogP) is 1.42. The van der Waals surface area contributed by atoms with Crippen LogP contribution in [0.5, 0.6) is 5.75 Å². The number of aliphatic hydroxyl groups excluding tert-OH is 1. The smallest absolute Gasteiger partial charge is 0.328 e. The highest BCUT2D eigenvalue weighted by atomic mass is 16.4. The summed E-state index contributed by atoms with van der Waals surface area (Å²) < 4.78 is 0. The van der Waals surface area contributed by atoms with Crippen molar-refractivity contribution in [3.8, 4) is 5.75 Å². The molecule has 0 aromatic heterocycles. The van der Waals surface area contributed by atoms with Gasteiger partial charge in [-0.25, -0.2) is 9.59 Å². The highest BCUT2D eigenvalue weighted by Crippen LogP contribution is 2.37. The molecule has 144 valence electrons. The van der Waals surface area contributed by atoms with E-state index >= 15 is 0 Å². The normalized spacial score (nSPS) is 19.4. The summed E-state index contributed by atoms with van der Waals surface area (Å²) in [6.45, 7) is 6.25. The van der Waals surface area contributed by atoms with E-state index in [1.54, 1.807) is 12.1 Å². The molecule has 1 aliphatic carbocycles. The lowest BCUT2D eigenvalue weighted by Crippen LogP contribution is -2.48. The van der Waals surface area contributed by atoms with Crippen molar-refractivity contribution >= 4 is 17.6 Å². The number of aromatic hydroxyl groups is 1. The lowest BCUT2D eigenvalue weighted by atomic mass is 9.83. The van der Waals surface area contributed by atoms with Gasteiger partial charge in [-0.05, 0) is 50.8 Å². The molecule has 2 atom stereocenters. The third kappa shape index (κ3) is 6.38. The van der Waals surface area contributed by atoms with Crippen LogP contribution in [0.15, 0.2) is 24.3 Å². The Balaban J connectivity index is 0.000000359. The van der Waals surface area contributed by atoms with E-state index in [2.05, 4.69) is 26.1 Å². The molecule has 1 aromatic rings. The number of nitrogens with one attached hydrogen (secondary N) is 1. The maximum atomic E-state index is 10.4. The fourth-order valence-electron chi connectivity index (χ4n) is 2.75. The number of phenols is 1. The van der Waals surface area contributed by atoms with Crippen LogP contribution in [-0.2, 0) is 16.0 Å². The van der Waals surface area contributed by atoms with E-state index in [4.69, 9.17) is 15.9 Å². The van der Waals surface area contributed by atoms with Crippen LogP contribution in [0.1, 0.15) is 44.4 Å². The molecule has 1 aliphatic rings. The number of hydrogen-bond acceptors (Lipinski definition) is 6. The summed E-state index contributed by atoms with van der Waals surface area (Å²) in [6.07, 6.45) is 2.14. The number of carboxylic acid groups (broad SMARTS) is 2. The highest BCUT2D eigenvalue weighted by molar-refractivity contribution is 5.89. The molecule has 0 radical (unpaired) electrons. The zero-order valence-electron chi connectivity index (χ0n) is 15.1. The molecule has 0 saturated carbocycles. The Kier molecular flexibility index (Phi) is 7.17. The van der Waals surface area contributed by atoms with E-state index in [1.165, 1.54) is 0 Å². The highest BCUT2D eigenvalue weighted by Gasteiger charge is 2.31. The first-order valence-corrected chi connectivity index (χ1v) is 8.12. The monoisotopic (exact) mass is 366 g/mol. The van der Waals surface area contributed by atoms with Crippen LogP contribution in [0.2, 0.25) is 0 Å². The number of fused-ring (bicyclic) bond motifs is 1. The van der Waals surface area contributed by atoms with Crippen LogP contribution in [0, 0.1) is 0 Å². The number of aliphatic carboxylic acids is 2. The van der Waals surface area contributed by atoms with E-state index in [9.17, 15) is 19.8 Å². The quantitative estimate of drug-likeness (QED) is 0.267. The number of phenolic OH excluding ortho intramolecular Hbond substituents is 1. The van der Waals surface area contributed by atoms with Crippen molar-refractivity contribution < 1.29 is 30.0 Å². The van der Waals surface area contributed by atoms with Gasteiger partial charge in [0, 0.05) is 23.7 Å². The molecule has 1 aromatic carbocycles. The van der Waals surface area contributed by atoms with E-state index in [1.807, 2.05) is 0 Å². The molecule has 0 fully saturated rings. The summed E-state index contributed by atoms with van der Waals surface area (Å²) in [7, 11) is 0. The van der Waals surface area contributed by atoms with Crippen molar-refractivity contribution in [2.75, 3.05) is 5.73 Å². The minimum absolute atomic E-state index is 0.0291. The summed E-state index contributed by atoms with van der Waals surface area (Å²) in [6, 6.07) is 3.35. The van der Waals surface area contributed by atoms with E-state index in [-0.39, 0.29) is 17.3 Å². The number of rotatable bonds is 3. The third-order valence-corrected chi connectivity index (χ3v) is 3.76. The van der Waals surface area contributed by atoms with Gasteiger partial charge in [0.15, 0.2) is 0 Å². The summed E-state index contributed by atoms with van der Waals surface area (Å²) in [5.74, 6) is -2.41. The van der Waals surface area contributed by atoms with Gasteiger partial charge in [0.1, 0.15) is 5.75 Å². The van der Waals surface area contributed by atoms with Gasteiger partial charge < -0.3 is 31.5 Å². The number of anilines is 1. The zero-order chi connectivity index (χ0) is 20.1. The second kappa shape index (κ2) is 8.68. The molecule has 0 bridgehead atoms. The Morgan fingerprint density at radius 3 is 2.19 bits per heavy atom. The fourth-order valence-corrected chi connectivity index (χ4v) is 2.75. The Bertz CT molecular complexity index is 678. The molecule has 8 nitrogen and oxygen atoms in total. The molecule has 0 amide bonds. The molecule has 2 unspecified atom stereocenters. The SMILES string of the molecule is CC(C)(C)NC1CCc2c(ccc(O)c2N)C1O.O=C(O)/C=C/C(=O)O. The molecule has 0 saturated heterocycles. The topological polar surface area (TPSA) is 153 Å². The summed E-state index contributed by atoms with van der Waals surface area (Å²) in [4.78, 5) is 19.1. The number of carboxylic acids is 2. The number of nitrogen functional groups attached to an aromatic ring is 1. The average Bonchev–Trinajstić information content (AvgIpc) is 2.51. The molecule has 7 N–H and O–H groups in total. The number of nitrogens with two attached hydrogens (primary N) is 1. The van der Waals surface area contributed by atoms with Crippen LogP contribution >= 0.6 is 0 Å². The molecule has 8 heteroatoms. The van der Waals surface area contributed by atoms with Crippen LogP contribution in [-0.4, -0.2) is 43.9 Å². The maximum Gasteiger partial charge on any atom is 0.328 e.